The molecule has 248 valence electrons. The van der Waals surface area contributed by atoms with Crippen molar-refractivity contribution in [2.75, 3.05) is 50.8 Å². The van der Waals surface area contributed by atoms with Crippen LogP contribution in [0.5, 0.6) is 0 Å². The Morgan fingerprint density at radius 1 is 1.07 bits per heavy atom. The molecule has 2 atom stereocenters. The van der Waals surface area contributed by atoms with E-state index in [2.05, 4.69) is 25.3 Å². The third kappa shape index (κ3) is 7.28. The molecule has 0 radical (unpaired) electrons. The summed E-state index contributed by atoms with van der Waals surface area (Å²) < 4.78 is 13.1. The number of halogens is 1. The number of anilines is 1. The van der Waals surface area contributed by atoms with E-state index in [1.54, 1.807) is 17.8 Å². The molecular weight excluding hydrogens is 628 g/mol. The molecule has 14 heteroatoms. The summed E-state index contributed by atoms with van der Waals surface area (Å²) in [5.41, 5.74) is 0.188. The van der Waals surface area contributed by atoms with Crippen molar-refractivity contribution in [3.05, 3.63) is 35.7 Å². The van der Waals surface area contributed by atoms with E-state index in [1.165, 1.54) is 11.8 Å². The summed E-state index contributed by atoms with van der Waals surface area (Å²) in [7, 11) is 1.88. The number of hydrogen-bond acceptors (Lipinski definition) is 11. The number of amides is 1. The van der Waals surface area contributed by atoms with Gasteiger partial charge in [0.25, 0.3) is 0 Å². The standard InChI is InChI=1S/C32H43ClN8O4S/c1-21(42)24-19-41(14-15-44-24)40-13-10-32(26(20-40)36-30(43)45-31(2,3)4)8-11-39(12-9-32)27-16-35-28(17-34-27)46-25-7-6-23-22(29(25)33)18-38(5)37-23/h6-7,16-18,24,26H,8-15,19-20H2,1-5H3,(H,36,43). The van der Waals surface area contributed by atoms with Crippen molar-refractivity contribution in [1.29, 1.82) is 0 Å². The average molecular weight is 671 g/mol. The first-order chi connectivity index (χ1) is 21.9. The zero-order valence-electron chi connectivity index (χ0n) is 27.2. The molecule has 6 rings (SSSR count). The first-order valence-corrected chi connectivity index (χ1v) is 17.1. The fraction of sp³-hybridized carbons (Fsp3) is 0.594. The number of carbonyl (C=O) groups excluding carboxylic acids is 2. The lowest BCUT2D eigenvalue weighted by molar-refractivity contribution is -0.160. The highest BCUT2D eigenvalue weighted by atomic mass is 35.5. The number of nitrogens with zero attached hydrogens (tertiary/aromatic N) is 7. The number of aryl methyl sites for hydroxylation is 1. The number of aromatic nitrogens is 4. The maximum absolute atomic E-state index is 13.0. The van der Waals surface area contributed by atoms with Crippen molar-refractivity contribution in [2.24, 2.45) is 12.5 Å². The Morgan fingerprint density at radius 3 is 2.50 bits per heavy atom. The van der Waals surface area contributed by atoms with Gasteiger partial charge >= 0.3 is 6.09 Å². The first kappa shape index (κ1) is 33.0. The molecule has 3 aromatic rings. The van der Waals surface area contributed by atoms with Crippen LogP contribution >= 0.6 is 23.4 Å². The molecule has 1 spiro atoms. The van der Waals surface area contributed by atoms with Crippen molar-refractivity contribution >= 4 is 52.0 Å². The Bertz CT molecular complexity index is 1570. The van der Waals surface area contributed by atoms with E-state index >= 15 is 0 Å². The Kier molecular flexibility index (Phi) is 9.50. The molecule has 0 saturated carbocycles. The largest absolute Gasteiger partial charge is 0.444 e. The predicted molar refractivity (Wildman–Crippen MR) is 177 cm³/mol. The molecule has 2 unspecified atom stereocenters. The first-order valence-electron chi connectivity index (χ1n) is 15.9. The minimum absolute atomic E-state index is 0.0405. The van der Waals surface area contributed by atoms with Crippen molar-refractivity contribution in [1.82, 2.24) is 35.1 Å². The van der Waals surface area contributed by atoms with Crippen LogP contribution in [0.15, 0.2) is 40.6 Å². The second kappa shape index (κ2) is 13.3. The van der Waals surface area contributed by atoms with Gasteiger partial charge in [-0.2, -0.15) is 5.10 Å². The molecule has 0 bridgehead atoms. The van der Waals surface area contributed by atoms with Crippen molar-refractivity contribution in [3.8, 4) is 0 Å². The number of nitrogens with one attached hydrogen (secondary N) is 1. The molecule has 46 heavy (non-hydrogen) atoms. The van der Waals surface area contributed by atoms with Crippen LogP contribution in [0.25, 0.3) is 10.9 Å². The number of carbonyl (C=O) groups is 2. The summed E-state index contributed by atoms with van der Waals surface area (Å²) in [5, 5.41) is 14.5. The van der Waals surface area contributed by atoms with Gasteiger partial charge in [0.2, 0.25) is 0 Å². The molecule has 2 aromatic heterocycles. The number of alkyl carbamates (subject to hydrolysis) is 1. The molecule has 5 heterocycles. The summed E-state index contributed by atoms with van der Waals surface area (Å²) in [6.45, 7) is 12.1. The maximum atomic E-state index is 13.0. The topological polar surface area (TPSA) is 118 Å². The van der Waals surface area contributed by atoms with Crippen LogP contribution in [0, 0.1) is 5.41 Å². The summed E-state index contributed by atoms with van der Waals surface area (Å²) in [6, 6.07) is 3.83. The van der Waals surface area contributed by atoms with Gasteiger partial charge in [-0.3, -0.25) is 9.48 Å². The third-order valence-corrected chi connectivity index (χ3v) is 10.7. The smallest absolute Gasteiger partial charge is 0.407 e. The maximum Gasteiger partial charge on any atom is 0.407 e. The Morgan fingerprint density at radius 2 is 1.80 bits per heavy atom. The van der Waals surface area contributed by atoms with E-state index < -0.39 is 17.8 Å². The summed E-state index contributed by atoms with van der Waals surface area (Å²) in [4.78, 5) is 37.8. The fourth-order valence-corrected chi connectivity index (χ4v) is 7.82. The lowest BCUT2D eigenvalue weighted by Gasteiger charge is -2.54. The number of rotatable bonds is 6. The van der Waals surface area contributed by atoms with Crippen molar-refractivity contribution in [2.45, 2.75) is 74.6 Å². The highest BCUT2D eigenvalue weighted by molar-refractivity contribution is 7.99. The summed E-state index contributed by atoms with van der Waals surface area (Å²) in [5.74, 6) is 0.879. The lowest BCUT2D eigenvalue weighted by Crippen LogP contribution is -2.65. The molecule has 3 fully saturated rings. The molecule has 1 aromatic carbocycles. The molecule has 3 saturated heterocycles. The number of hydrazine groups is 1. The Balaban J connectivity index is 1.12. The second-order valence-electron chi connectivity index (χ2n) is 13.5. The SMILES string of the molecule is CC(=O)C1CN(N2CCC3(CCN(c4cnc(Sc5ccc6nn(C)cc6c5Cl)cn4)CC3)C(NC(=O)OC(C)(C)C)C2)CCO1. The quantitative estimate of drug-likeness (QED) is 0.398. The van der Waals surface area contributed by atoms with Crippen molar-refractivity contribution in [3.63, 3.8) is 0 Å². The molecule has 12 nitrogen and oxygen atoms in total. The van der Waals surface area contributed by atoms with Gasteiger partial charge in [-0.1, -0.05) is 23.4 Å². The van der Waals surface area contributed by atoms with Gasteiger partial charge in [0.05, 0.1) is 35.6 Å². The molecular formula is C32H43ClN8O4S. The van der Waals surface area contributed by atoms with Crippen LogP contribution in [0.4, 0.5) is 10.6 Å². The van der Waals surface area contributed by atoms with Gasteiger partial charge in [-0.05, 0) is 64.5 Å². The molecule has 3 aliphatic heterocycles. The van der Waals surface area contributed by atoms with Crippen molar-refractivity contribution < 1.29 is 19.1 Å². The van der Waals surface area contributed by atoms with E-state index in [0.29, 0.717) is 24.7 Å². The summed E-state index contributed by atoms with van der Waals surface area (Å²) in [6.07, 6.45) is 7.47. The van der Waals surface area contributed by atoms with E-state index in [9.17, 15) is 9.59 Å². The van der Waals surface area contributed by atoms with Crippen LogP contribution in [0.3, 0.4) is 0 Å². The van der Waals surface area contributed by atoms with Gasteiger partial charge < -0.3 is 19.7 Å². The van der Waals surface area contributed by atoms with Crippen LogP contribution < -0.4 is 10.2 Å². The van der Waals surface area contributed by atoms with E-state index in [-0.39, 0.29) is 17.2 Å². The number of fused-ring (bicyclic) bond motifs is 1. The molecule has 3 aliphatic rings. The number of benzene rings is 1. The lowest BCUT2D eigenvalue weighted by atomic mass is 9.68. The van der Waals surface area contributed by atoms with E-state index in [4.69, 9.17) is 31.0 Å². The van der Waals surface area contributed by atoms with E-state index in [0.717, 1.165) is 72.1 Å². The Labute approximate surface area is 279 Å². The van der Waals surface area contributed by atoms with Gasteiger partial charge in [0.1, 0.15) is 22.5 Å². The van der Waals surface area contributed by atoms with Gasteiger partial charge in [0.15, 0.2) is 5.78 Å². The van der Waals surface area contributed by atoms with Crippen LogP contribution in [-0.4, -0.2) is 105 Å². The zero-order valence-corrected chi connectivity index (χ0v) is 28.7. The number of ether oxygens (including phenoxy) is 2. The normalized spacial score (nSPS) is 22.7. The summed E-state index contributed by atoms with van der Waals surface area (Å²) >= 11 is 8.17. The highest BCUT2D eigenvalue weighted by Gasteiger charge is 2.47. The van der Waals surface area contributed by atoms with Crippen LogP contribution in [0.1, 0.15) is 47.0 Å². The average Bonchev–Trinajstić information content (AvgIpc) is 3.41. The molecule has 0 aliphatic carbocycles. The number of morpholine rings is 1. The third-order valence-electron chi connectivity index (χ3n) is 9.20. The molecule has 1 N–H and O–H groups in total. The van der Waals surface area contributed by atoms with Crippen LogP contribution in [0.2, 0.25) is 5.02 Å². The van der Waals surface area contributed by atoms with Gasteiger partial charge in [0, 0.05) is 62.8 Å². The number of hydrogen-bond donors (Lipinski definition) is 1. The Hall–Kier alpha value is -2.97. The number of piperidine rings is 2. The van der Waals surface area contributed by atoms with E-state index in [1.807, 2.05) is 52.3 Å². The van der Waals surface area contributed by atoms with Crippen LogP contribution in [-0.2, 0) is 21.3 Å². The molecule has 1 amide bonds. The monoisotopic (exact) mass is 670 g/mol. The number of ketones is 1. The zero-order chi connectivity index (χ0) is 32.6. The number of Topliss-reactive ketones (excluding diaryl/α,β-unsaturated/α-hetero) is 1. The second-order valence-corrected chi connectivity index (χ2v) is 15.0. The fourth-order valence-electron chi connectivity index (χ4n) is 6.72. The predicted octanol–water partition coefficient (Wildman–Crippen LogP) is 4.56. The highest BCUT2D eigenvalue weighted by Crippen LogP contribution is 2.43. The van der Waals surface area contributed by atoms with Gasteiger partial charge in [-0.15, -0.1) is 0 Å². The minimum Gasteiger partial charge on any atom is -0.444 e. The minimum atomic E-state index is -0.589. The van der Waals surface area contributed by atoms with Gasteiger partial charge in [-0.25, -0.2) is 24.8 Å².